The summed E-state index contributed by atoms with van der Waals surface area (Å²) in [5.41, 5.74) is 0. The lowest BCUT2D eigenvalue weighted by Crippen LogP contribution is -2.36. The molecule has 1 aromatic heterocycles. The van der Waals surface area contributed by atoms with Crippen molar-refractivity contribution in [1.82, 2.24) is 4.90 Å². The third-order valence-corrected chi connectivity index (χ3v) is 4.02. The summed E-state index contributed by atoms with van der Waals surface area (Å²) in [6.45, 7) is 5.18. The van der Waals surface area contributed by atoms with Crippen LogP contribution in [-0.4, -0.2) is 51.0 Å². The topological polar surface area (TPSA) is 24.8 Å². The highest BCUT2D eigenvalue weighted by Crippen LogP contribution is 2.16. The molecule has 1 saturated heterocycles. The van der Waals surface area contributed by atoms with Crippen molar-refractivity contribution in [2.24, 2.45) is 4.99 Å². The van der Waals surface area contributed by atoms with Crippen LogP contribution in [0.3, 0.4) is 0 Å². The molecule has 4 heteroatoms. The number of aryl methyl sites for hydroxylation is 1. The molecule has 0 radical (unpaired) electrons. The Morgan fingerprint density at radius 1 is 1.41 bits per heavy atom. The molecule has 0 saturated carbocycles. The van der Waals surface area contributed by atoms with Gasteiger partial charge in [-0.05, 0) is 31.5 Å². The van der Waals surface area contributed by atoms with E-state index in [0.717, 1.165) is 26.3 Å². The van der Waals surface area contributed by atoms with Crippen molar-refractivity contribution in [3.05, 3.63) is 21.9 Å². The molecule has 17 heavy (non-hydrogen) atoms. The van der Waals surface area contributed by atoms with Crippen molar-refractivity contribution in [1.29, 1.82) is 0 Å². The van der Waals surface area contributed by atoms with Crippen molar-refractivity contribution < 1.29 is 4.74 Å². The molecule has 2 heterocycles. The number of hydrogen-bond donors (Lipinski definition) is 0. The van der Waals surface area contributed by atoms with Gasteiger partial charge in [0, 0.05) is 36.1 Å². The van der Waals surface area contributed by atoms with Crippen LogP contribution in [0.15, 0.2) is 17.1 Å². The summed E-state index contributed by atoms with van der Waals surface area (Å²) >= 11 is 1.85. The number of ether oxygens (including phenoxy) is 1. The smallest absolute Gasteiger partial charge is 0.0594 e. The number of aliphatic imine (C=N–C) groups is 1. The predicted octanol–water partition coefficient (Wildman–Crippen LogP) is 2.06. The van der Waals surface area contributed by atoms with Gasteiger partial charge >= 0.3 is 0 Å². The van der Waals surface area contributed by atoms with E-state index in [1.165, 1.54) is 29.1 Å². The van der Waals surface area contributed by atoms with Crippen molar-refractivity contribution in [3.63, 3.8) is 0 Å². The van der Waals surface area contributed by atoms with E-state index in [0.29, 0.717) is 0 Å². The second-order valence-electron chi connectivity index (χ2n) is 4.25. The largest absolute Gasteiger partial charge is 0.379 e. The molecule has 0 aromatic carbocycles. The predicted molar refractivity (Wildman–Crippen MR) is 73.4 cm³/mol. The lowest BCUT2D eigenvalue weighted by molar-refractivity contribution is 0.0375. The zero-order chi connectivity index (χ0) is 11.9. The highest BCUT2D eigenvalue weighted by molar-refractivity contribution is 7.13. The Balaban J connectivity index is 1.69. The van der Waals surface area contributed by atoms with Crippen LogP contribution in [0.25, 0.3) is 0 Å². The van der Waals surface area contributed by atoms with Gasteiger partial charge in [-0.2, -0.15) is 0 Å². The second-order valence-corrected chi connectivity index (χ2v) is 5.45. The highest BCUT2D eigenvalue weighted by Gasteiger charge is 2.09. The van der Waals surface area contributed by atoms with Crippen molar-refractivity contribution in [2.75, 3.05) is 39.9 Å². The zero-order valence-electron chi connectivity index (χ0n) is 10.4. The van der Waals surface area contributed by atoms with E-state index >= 15 is 0 Å². The molecule has 0 bridgehead atoms. The maximum atomic E-state index is 5.34. The fraction of sp³-hybridized carbons (Fsp3) is 0.615. The molecular formula is C13H20N2OS. The third kappa shape index (κ3) is 4.22. The van der Waals surface area contributed by atoms with Gasteiger partial charge in [0.25, 0.3) is 0 Å². The number of thiophene rings is 1. The summed E-state index contributed by atoms with van der Waals surface area (Å²) in [5, 5.41) is 0. The van der Waals surface area contributed by atoms with Crippen LogP contribution >= 0.6 is 11.3 Å². The highest BCUT2D eigenvalue weighted by atomic mass is 32.1. The summed E-state index contributed by atoms with van der Waals surface area (Å²) in [4.78, 5) is 9.25. The maximum Gasteiger partial charge on any atom is 0.0594 e. The van der Waals surface area contributed by atoms with Crippen molar-refractivity contribution in [3.8, 4) is 0 Å². The Morgan fingerprint density at radius 3 is 3.00 bits per heavy atom. The van der Waals surface area contributed by atoms with Crippen LogP contribution in [-0.2, 0) is 11.2 Å². The van der Waals surface area contributed by atoms with E-state index in [-0.39, 0.29) is 0 Å². The summed E-state index contributed by atoms with van der Waals surface area (Å²) < 4.78 is 5.34. The minimum Gasteiger partial charge on any atom is -0.379 e. The summed E-state index contributed by atoms with van der Waals surface area (Å²) in [6, 6.07) is 4.38. The monoisotopic (exact) mass is 252 g/mol. The van der Waals surface area contributed by atoms with E-state index in [1.807, 2.05) is 24.6 Å². The molecule has 0 amide bonds. The van der Waals surface area contributed by atoms with Gasteiger partial charge in [-0.25, -0.2) is 0 Å². The first kappa shape index (κ1) is 12.7. The van der Waals surface area contributed by atoms with Crippen LogP contribution < -0.4 is 0 Å². The Hall–Kier alpha value is -0.710. The normalized spacial score (nSPS) is 17.9. The minimum absolute atomic E-state index is 0.899. The fourth-order valence-electron chi connectivity index (χ4n) is 2.03. The standard InChI is InChI=1S/C13H20N2OS/c1-14-11-13-5-4-12(17-13)3-2-6-15-7-9-16-10-8-15/h4-5,11H,2-3,6-10H2,1H3/b14-11+. The van der Waals surface area contributed by atoms with E-state index < -0.39 is 0 Å². The molecule has 1 aliphatic rings. The molecule has 1 aliphatic heterocycles. The Labute approximate surface area is 107 Å². The van der Waals surface area contributed by atoms with Crippen molar-refractivity contribution >= 4 is 17.6 Å². The molecule has 0 atom stereocenters. The molecule has 0 unspecified atom stereocenters. The lowest BCUT2D eigenvalue weighted by Gasteiger charge is -2.26. The summed E-state index contributed by atoms with van der Waals surface area (Å²) in [5.74, 6) is 0. The van der Waals surface area contributed by atoms with Gasteiger partial charge in [-0.15, -0.1) is 11.3 Å². The minimum atomic E-state index is 0.899. The molecule has 1 fully saturated rings. The van der Waals surface area contributed by atoms with Gasteiger partial charge in [0.1, 0.15) is 0 Å². The van der Waals surface area contributed by atoms with E-state index in [2.05, 4.69) is 22.0 Å². The maximum absolute atomic E-state index is 5.34. The molecule has 0 N–H and O–H groups in total. The number of nitrogens with zero attached hydrogens (tertiary/aromatic N) is 2. The van der Waals surface area contributed by atoms with Gasteiger partial charge in [-0.3, -0.25) is 9.89 Å². The molecule has 94 valence electrons. The van der Waals surface area contributed by atoms with Crippen LogP contribution in [0.1, 0.15) is 16.2 Å². The van der Waals surface area contributed by atoms with Gasteiger partial charge in [0.05, 0.1) is 13.2 Å². The van der Waals surface area contributed by atoms with Gasteiger partial charge < -0.3 is 4.74 Å². The first-order chi connectivity index (χ1) is 8.38. The lowest BCUT2D eigenvalue weighted by atomic mass is 10.2. The first-order valence-electron chi connectivity index (χ1n) is 6.19. The van der Waals surface area contributed by atoms with Gasteiger partial charge in [-0.1, -0.05) is 0 Å². The Kier molecular flexibility index (Phi) is 5.16. The van der Waals surface area contributed by atoms with Crippen molar-refractivity contribution in [2.45, 2.75) is 12.8 Å². The molecule has 2 rings (SSSR count). The first-order valence-corrected chi connectivity index (χ1v) is 7.01. The molecule has 1 aromatic rings. The van der Waals surface area contributed by atoms with Crippen LogP contribution in [0.5, 0.6) is 0 Å². The summed E-state index contributed by atoms with van der Waals surface area (Å²) in [7, 11) is 1.82. The average molecular weight is 252 g/mol. The van der Waals surface area contributed by atoms with Gasteiger partial charge in [0.2, 0.25) is 0 Å². The quantitative estimate of drug-likeness (QED) is 0.749. The fourth-order valence-corrected chi connectivity index (χ4v) is 3.01. The molecule has 0 spiro atoms. The van der Waals surface area contributed by atoms with E-state index in [4.69, 9.17) is 4.74 Å². The third-order valence-electron chi connectivity index (χ3n) is 2.94. The second kappa shape index (κ2) is 6.89. The van der Waals surface area contributed by atoms with E-state index in [9.17, 15) is 0 Å². The SMILES string of the molecule is C/N=C/c1ccc(CCCN2CCOCC2)s1. The van der Waals surface area contributed by atoms with E-state index in [1.54, 1.807) is 0 Å². The Morgan fingerprint density at radius 2 is 2.24 bits per heavy atom. The number of rotatable bonds is 5. The van der Waals surface area contributed by atoms with Crippen LogP contribution in [0.4, 0.5) is 0 Å². The van der Waals surface area contributed by atoms with Crippen LogP contribution in [0, 0.1) is 0 Å². The van der Waals surface area contributed by atoms with Gasteiger partial charge in [0.15, 0.2) is 0 Å². The molecule has 0 aliphatic carbocycles. The zero-order valence-corrected chi connectivity index (χ0v) is 11.2. The average Bonchev–Trinajstić information content (AvgIpc) is 2.79. The number of morpholine rings is 1. The molecule has 3 nitrogen and oxygen atoms in total. The Bertz CT molecular complexity index is 356. The number of hydrogen-bond acceptors (Lipinski definition) is 4. The molecular weight excluding hydrogens is 232 g/mol. The van der Waals surface area contributed by atoms with Crippen LogP contribution in [0.2, 0.25) is 0 Å². The summed E-state index contributed by atoms with van der Waals surface area (Å²) in [6.07, 6.45) is 4.35.